The topological polar surface area (TPSA) is 83.0 Å². The Kier molecular flexibility index (Phi) is 5.37. The molecule has 0 aliphatic carbocycles. The van der Waals surface area contributed by atoms with Gasteiger partial charge in [-0.15, -0.1) is 0 Å². The zero-order valence-electron chi connectivity index (χ0n) is 17.9. The largest absolute Gasteiger partial charge is 0.356 e. The third-order valence-corrected chi connectivity index (χ3v) is 5.50. The highest BCUT2D eigenvalue weighted by Gasteiger charge is 2.15. The monoisotopic (exact) mass is 424 g/mol. The Balaban J connectivity index is 1.27. The van der Waals surface area contributed by atoms with Gasteiger partial charge in [-0.25, -0.2) is 15.0 Å². The number of benzene rings is 2. The lowest BCUT2D eigenvalue weighted by Crippen LogP contribution is -2.19. The summed E-state index contributed by atoms with van der Waals surface area (Å²) in [4.78, 5) is 28.4. The quantitative estimate of drug-likeness (QED) is 0.473. The lowest BCUT2D eigenvalue weighted by atomic mass is 10.2. The van der Waals surface area contributed by atoms with Gasteiger partial charge in [0.1, 0.15) is 23.2 Å². The molecular weight excluding hydrogens is 400 g/mol. The SMILES string of the molecule is Cc1nc(Nc2ccc(NC(=O)c3ccc4ccccc4n3)cc2)cc(N2CCCC2)n1. The Bertz CT molecular complexity index is 1270. The minimum absolute atomic E-state index is 0.238. The summed E-state index contributed by atoms with van der Waals surface area (Å²) < 4.78 is 0. The van der Waals surface area contributed by atoms with Gasteiger partial charge in [-0.05, 0) is 56.2 Å². The average Bonchev–Trinajstić information content (AvgIpc) is 3.35. The maximum absolute atomic E-state index is 12.6. The first-order valence-corrected chi connectivity index (χ1v) is 10.8. The number of nitrogens with one attached hydrogen (secondary N) is 2. The van der Waals surface area contributed by atoms with Gasteiger partial charge in [-0.3, -0.25) is 4.79 Å². The summed E-state index contributed by atoms with van der Waals surface area (Å²) in [5.74, 6) is 2.22. The molecule has 32 heavy (non-hydrogen) atoms. The number of carbonyl (C=O) groups excluding carboxylic acids is 1. The van der Waals surface area contributed by atoms with Crippen molar-refractivity contribution in [1.29, 1.82) is 0 Å². The molecule has 1 fully saturated rings. The molecule has 1 amide bonds. The standard InChI is InChI=1S/C25H24N6O/c1-17-26-23(16-24(27-17)31-14-4-5-15-31)28-19-9-11-20(12-10-19)29-25(32)22-13-8-18-6-2-3-7-21(18)30-22/h2-3,6-13,16H,4-5,14-15H2,1H3,(H,29,32)(H,26,27,28). The second-order valence-electron chi connectivity index (χ2n) is 7.90. The molecule has 2 aromatic heterocycles. The van der Waals surface area contributed by atoms with Crippen molar-refractivity contribution in [3.05, 3.63) is 78.2 Å². The summed E-state index contributed by atoms with van der Waals surface area (Å²) in [6.45, 7) is 3.98. The minimum Gasteiger partial charge on any atom is -0.356 e. The van der Waals surface area contributed by atoms with Crippen molar-refractivity contribution in [2.45, 2.75) is 19.8 Å². The van der Waals surface area contributed by atoms with Crippen molar-refractivity contribution in [3.8, 4) is 0 Å². The van der Waals surface area contributed by atoms with E-state index in [0.717, 1.165) is 47.1 Å². The Morgan fingerprint density at radius 3 is 2.44 bits per heavy atom. The number of para-hydroxylation sites is 1. The number of pyridine rings is 1. The van der Waals surface area contributed by atoms with E-state index in [1.54, 1.807) is 6.07 Å². The van der Waals surface area contributed by atoms with Crippen molar-refractivity contribution >= 4 is 39.8 Å². The predicted octanol–water partition coefficient (Wildman–Crippen LogP) is 4.93. The molecule has 7 nitrogen and oxygen atoms in total. The molecular formula is C25H24N6O. The van der Waals surface area contributed by atoms with Gasteiger partial charge < -0.3 is 15.5 Å². The Hall–Kier alpha value is -4.00. The molecule has 0 spiro atoms. The molecule has 0 unspecified atom stereocenters. The lowest BCUT2D eigenvalue weighted by molar-refractivity contribution is 0.102. The fourth-order valence-corrected chi connectivity index (χ4v) is 3.90. The van der Waals surface area contributed by atoms with Gasteiger partial charge in [-0.1, -0.05) is 24.3 Å². The highest BCUT2D eigenvalue weighted by Crippen LogP contribution is 2.24. The number of nitrogens with zero attached hydrogens (tertiary/aromatic N) is 4. The second-order valence-corrected chi connectivity index (χ2v) is 7.90. The van der Waals surface area contributed by atoms with Gasteiger partial charge in [0.05, 0.1) is 5.52 Å². The molecule has 3 heterocycles. The van der Waals surface area contributed by atoms with Crippen LogP contribution in [0.3, 0.4) is 0 Å². The summed E-state index contributed by atoms with van der Waals surface area (Å²) in [5.41, 5.74) is 2.77. The molecule has 4 aromatic rings. The molecule has 160 valence electrons. The number of hydrogen-bond donors (Lipinski definition) is 2. The number of rotatable bonds is 5. The molecule has 7 heteroatoms. The van der Waals surface area contributed by atoms with Crippen LogP contribution in [0, 0.1) is 6.92 Å². The number of aryl methyl sites for hydroxylation is 1. The van der Waals surface area contributed by atoms with Gasteiger partial charge in [-0.2, -0.15) is 0 Å². The zero-order valence-corrected chi connectivity index (χ0v) is 17.9. The molecule has 2 N–H and O–H groups in total. The number of hydrogen-bond acceptors (Lipinski definition) is 6. The maximum Gasteiger partial charge on any atom is 0.274 e. The smallest absolute Gasteiger partial charge is 0.274 e. The molecule has 0 saturated carbocycles. The summed E-state index contributed by atoms with van der Waals surface area (Å²) in [6, 6.07) is 20.9. The second kappa shape index (κ2) is 8.63. The van der Waals surface area contributed by atoms with Crippen molar-refractivity contribution in [3.63, 3.8) is 0 Å². The Morgan fingerprint density at radius 1 is 0.875 bits per heavy atom. The van der Waals surface area contributed by atoms with Gasteiger partial charge in [0.25, 0.3) is 5.91 Å². The van der Waals surface area contributed by atoms with Crippen molar-refractivity contribution in [1.82, 2.24) is 15.0 Å². The van der Waals surface area contributed by atoms with E-state index in [4.69, 9.17) is 0 Å². The fraction of sp³-hybridized carbons (Fsp3) is 0.200. The molecule has 0 radical (unpaired) electrons. The van der Waals surface area contributed by atoms with Crippen molar-refractivity contribution in [2.24, 2.45) is 0 Å². The van der Waals surface area contributed by atoms with E-state index in [0.29, 0.717) is 11.4 Å². The molecule has 2 aromatic carbocycles. The number of carbonyl (C=O) groups is 1. The van der Waals surface area contributed by atoms with Crippen LogP contribution in [0.2, 0.25) is 0 Å². The first-order chi connectivity index (χ1) is 15.6. The number of amides is 1. The number of fused-ring (bicyclic) bond motifs is 1. The Labute approximate surface area is 186 Å². The number of anilines is 4. The van der Waals surface area contributed by atoms with Gasteiger partial charge >= 0.3 is 0 Å². The van der Waals surface area contributed by atoms with E-state index >= 15 is 0 Å². The van der Waals surface area contributed by atoms with Crippen LogP contribution in [-0.2, 0) is 0 Å². The van der Waals surface area contributed by atoms with Crippen molar-refractivity contribution in [2.75, 3.05) is 28.6 Å². The number of aromatic nitrogens is 3. The summed E-state index contributed by atoms with van der Waals surface area (Å²) >= 11 is 0. The van der Waals surface area contributed by atoms with E-state index in [1.807, 2.05) is 67.6 Å². The lowest BCUT2D eigenvalue weighted by Gasteiger charge is -2.18. The van der Waals surface area contributed by atoms with Crippen LogP contribution in [-0.4, -0.2) is 33.9 Å². The third-order valence-electron chi connectivity index (χ3n) is 5.50. The summed E-state index contributed by atoms with van der Waals surface area (Å²) in [7, 11) is 0. The van der Waals surface area contributed by atoms with E-state index in [2.05, 4.69) is 30.5 Å². The minimum atomic E-state index is -0.238. The van der Waals surface area contributed by atoms with Crippen LogP contribution < -0.4 is 15.5 Å². The van der Waals surface area contributed by atoms with Gasteiger partial charge in [0, 0.05) is 35.9 Å². The predicted molar refractivity (Wildman–Crippen MR) is 128 cm³/mol. The molecule has 5 rings (SSSR count). The van der Waals surface area contributed by atoms with Crippen LogP contribution in [0.25, 0.3) is 10.9 Å². The Morgan fingerprint density at radius 2 is 1.62 bits per heavy atom. The van der Waals surface area contributed by atoms with Gasteiger partial charge in [0.15, 0.2) is 0 Å². The van der Waals surface area contributed by atoms with Crippen LogP contribution >= 0.6 is 0 Å². The highest BCUT2D eigenvalue weighted by molar-refractivity contribution is 6.04. The van der Waals surface area contributed by atoms with E-state index in [-0.39, 0.29) is 5.91 Å². The van der Waals surface area contributed by atoms with Crippen LogP contribution in [0.5, 0.6) is 0 Å². The maximum atomic E-state index is 12.6. The molecule has 0 atom stereocenters. The van der Waals surface area contributed by atoms with Crippen LogP contribution in [0.4, 0.5) is 23.0 Å². The molecule has 0 bridgehead atoms. The van der Waals surface area contributed by atoms with Gasteiger partial charge in [0.2, 0.25) is 0 Å². The van der Waals surface area contributed by atoms with Crippen molar-refractivity contribution < 1.29 is 4.79 Å². The van der Waals surface area contributed by atoms with Crippen LogP contribution in [0.1, 0.15) is 29.2 Å². The summed E-state index contributed by atoms with van der Waals surface area (Å²) in [5, 5.41) is 7.25. The van der Waals surface area contributed by atoms with E-state index < -0.39 is 0 Å². The first kappa shape index (κ1) is 19.9. The van der Waals surface area contributed by atoms with Crippen LogP contribution in [0.15, 0.2) is 66.7 Å². The first-order valence-electron chi connectivity index (χ1n) is 10.8. The molecule has 1 saturated heterocycles. The van der Waals surface area contributed by atoms with E-state index in [9.17, 15) is 4.79 Å². The molecule has 1 aliphatic rings. The highest BCUT2D eigenvalue weighted by atomic mass is 16.1. The summed E-state index contributed by atoms with van der Waals surface area (Å²) in [6.07, 6.45) is 2.40. The zero-order chi connectivity index (χ0) is 21.9. The normalized spacial score (nSPS) is 13.3. The van der Waals surface area contributed by atoms with E-state index in [1.165, 1.54) is 12.8 Å². The average molecular weight is 425 g/mol. The fourth-order valence-electron chi connectivity index (χ4n) is 3.90. The molecule has 1 aliphatic heterocycles. The third kappa shape index (κ3) is 4.37.